The van der Waals surface area contributed by atoms with Crippen LogP contribution in [0.3, 0.4) is 0 Å². The van der Waals surface area contributed by atoms with Gasteiger partial charge in [-0.05, 0) is 49.2 Å². The van der Waals surface area contributed by atoms with Crippen molar-refractivity contribution >= 4 is 40.3 Å². The highest BCUT2D eigenvalue weighted by Gasteiger charge is 2.22. The van der Waals surface area contributed by atoms with E-state index in [0.29, 0.717) is 11.4 Å². The molecule has 0 saturated heterocycles. The predicted molar refractivity (Wildman–Crippen MR) is 121 cm³/mol. The lowest BCUT2D eigenvalue weighted by Gasteiger charge is -2.07. The Labute approximate surface area is 179 Å². The number of thioether (sulfide) groups is 1. The van der Waals surface area contributed by atoms with Crippen LogP contribution in [0.4, 0.5) is 0 Å². The van der Waals surface area contributed by atoms with Gasteiger partial charge in [-0.25, -0.2) is 4.98 Å². The van der Waals surface area contributed by atoms with Crippen LogP contribution in [0, 0.1) is 6.92 Å². The predicted octanol–water partition coefficient (Wildman–Crippen LogP) is 6.22. The summed E-state index contributed by atoms with van der Waals surface area (Å²) in [6, 6.07) is 10.0. The molecule has 0 amide bonds. The molecule has 144 valence electrons. The largest absolute Gasteiger partial charge is 0.262 e. The van der Waals surface area contributed by atoms with Gasteiger partial charge in [0.05, 0.1) is 22.1 Å². The van der Waals surface area contributed by atoms with Crippen LogP contribution in [-0.2, 0) is 0 Å². The summed E-state index contributed by atoms with van der Waals surface area (Å²) in [6.07, 6.45) is 7.85. The summed E-state index contributed by atoms with van der Waals surface area (Å²) in [5, 5.41) is 1.54. The molecule has 0 N–H and O–H groups in total. The molecule has 0 unspecified atom stereocenters. The summed E-state index contributed by atoms with van der Waals surface area (Å²) in [7, 11) is 0. The second kappa shape index (κ2) is 8.31. The first-order chi connectivity index (χ1) is 14.0. The number of nitrogens with zero attached hydrogens (tertiary/aromatic N) is 4. The highest BCUT2D eigenvalue weighted by molar-refractivity contribution is 8.03. The van der Waals surface area contributed by atoms with Crippen molar-refractivity contribution in [3.63, 3.8) is 0 Å². The van der Waals surface area contributed by atoms with Crippen molar-refractivity contribution in [2.45, 2.75) is 25.3 Å². The van der Waals surface area contributed by atoms with Gasteiger partial charge in [-0.1, -0.05) is 36.0 Å². The Bertz CT molecular complexity index is 1130. The second-order valence-electron chi connectivity index (χ2n) is 6.89. The van der Waals surface area contributed by atoms with E-state index in [9.17, 15) is 0 Å². The minimum absolute atomic E-state index is 0.598. The van der Waals surface area contributed by atoms with Crippen molar-refractivity contribution in [2.75, 3.05) is 0 Å². The van der Waals surface area contributed by atoms with Gasteiger partial charge in [-0.15, -0.1) is 0 Å². The van der Waals surface area contributed by atoms with Gasteiger partial charge in [0, 0.05) is 47.2 Å². The molecule has 3 aromatic rings. The molecule has 6 heteroatoms. The molecular weight excluding hydrogens is 400 g/mol. The van der Waals surface area contributed by atoms with Crippen molar-refractivity contribution in [2.24, 2.45) is 4.99 Å². The number of allylic oxidation sites excluding steroid dienone is 2. The zero-order chi connectivity index (χ0) is 20.4. The van der Waals surface area contributed by atoms with E-state index >= 15 is 0 Å². The fourth-order valence-electron chi connectivity index (χ4n) is 2.95. The van der Waals surface area contributed by atoms with Gasteiger partial charge in [-0.3, -0.25) is 15.0 Å². The third kappa shape index (κ3) is 4.47. The maximum absolute atomic E-state index is 6.14. The summed E-state index contributed by atoms with van der Waals surface area (Å²) >= 11 is 7.77. The summed E-state index contributed by atoms with van der Waals surface area (Å²) in [4.78, 5) is 19.3. The molecule has 0 atom stereocenters. The maximum Gasteiger partial charge on any atom is 0.100 e. The molecule has 29 heavy (non-hydrogen) atoms. The average molecular weight is 419 g/mol. The molecule has 1 aliphatic heterocycles. The van der Waals surface area contributed by atoms with Crippen molar-refractivity contribution < 1.29 is 0 Å². The average Bonchev–Trinajstić information content (AvgIpc) is 3.13. The second-order valence-corrected chi connectivity index (χ2v) is 8.44. The van der Waals surface area contributed by atoms with Gasteiger partial charge in [0.1, 0.15) is 5.03 Å². The first-order valence-corrected chi connectivity index (χ1v) is 10.3. The first kappa shape index (κ1) is 19.6. The van der Waals surface area contributed by atoms with Crippen LogP contribution in [0.2, 0.25) is 5.02 Å². The lowest BCUT2D eigenvalue weighted by molar-refractivity contribution is 1.11. The lowest BCUT2D eigenvalue weighted by Crippen LogP contribution is -1.98. The maximum atomic E-state index is 6.14. The van der Waals surface area contributed by atoms with Crippen LogP contribution in [0.5, 0.6) is 0 Å². The van der Waals surface area contributed by atoms with E-state index in [0.717, 1.165) is 49.3 Å². The molecular formula is C23H19ClN4S. The Morgan fingerprint density at radius 2 is 1.90 bits per heavy atom. The Balaban J connectivity index is 1.72. The quantitative estimate of drug-likeness (QED) is 0.493. The van der Waals surface area contributed by atoms with E-state index in [1.807, 2.05) is 50.5 Å². The number of aromatic nitrogens is 3. The Kier molecular flexibility index (Phi) is 5.60. The van der Waals surface area contributed by atoms with E-state index in [1.54, 1.807) is 24.2 Å². The van der Waals surface area contributed by atoms with Crippen molar-refractivity contribution in [1.82, 2.24) is 15.0 Å². The van der Waals surface area contributed by atoms with E-state index in [1.165, 1.54) is 0 Å². The molecule has 4 heterocycles. The number of halogens is 1. The normalized spacial score (nSPS) is 13.6. The Morgan fingerprint density at radius 3 is 2.55 bits per heavy atom. The number of pyridine rings is 3. The number of aliphatic imine (C=N–C) groups is 1. The van der Waals surface area contributed by atoms with Crippen molar-refractivity contribution in [3.05, 3.63) is 94.0 Å². The molecule has 0 radical (unpaired) electrons. The highest BCUT2D eigenvalue weighted by atomic mass is 35.5. The minimum atomic E-state index is 0.598. The lowest BCUT2D eigenvalue weighted by atomic mass is 10.1. The number of hydrogen-bond donors (Lipinski definition) is 0. The summed E-state index contributed by atoms with van der Waals surface area (Å²) in [5.74, 6) is 0. The zero-order valence-corrected chi connectivity index (χ0v) is 17.8. The van der Waals surface area contributed by atoms with Crippen LogP contribution in [0.1, 0.15) is 35.7 Å². The SMILES string of the molecule is C=C(C)c1ccc(C2=C(Sc3ccc(C)cn3)CC(c3cncc(Cl)c3)=N2)cn1. The third-order valence-electron chi connectivity index (χ3n) is 4.46. The van der Waals surface area contributed by atoms with E-state index < -0.39 is 0 Å². The molecule has 3 aromatic heterocycles. The fourth-order valence-corrected chi connectivity index (χ4v) is 4.08. The third-order valence-corrected chi connectivity index (χ3v) is 5.70. The molecule has 0 aromatic carbocycles. The summed E-state index contributed by atoms with van der Waals surface area (Å²) < 4.78 is 0. The number of hydrogen-bond acceptors (Lipinski definition) is 5. The number of rotatable bonds is 5. The van der Waals surface area contributed by atoms with Crippen LogP contribution in [0.25, 0.3) is 11.3 Å². The monoisotopic (exact) mass is 418 g/mol. The molecule has 0 aliphatic carbocycles. The van der Waals surface area contributed by atoms with Gasteiger partial charge in [-0.2, -0.15) is 0 Å². The van der Waals surface area contributed by atoms with Crippen LogP contribution >= 0.6 is 23.4 Å². The Morgan fingerprint density at radius 1 is 1.03 bits per heavy atom. The minimum Gasteiger partial charge on any atom is -0.262 e. The molecule has 0 saturated carbocycles. The molecule has 0 fully saturated rings. The van der Waals surface area contributed by atoms with Crippen molar-refractivity contribution in [1.29, 1.82) is 0 Å². The van der Waals surface area contributed by atoms with E-state index in [2.05, 4.69) is 27.6 Å². The van der Waals surface area contributed by atoms with E-state index in [-0.39, 0.29) is 0 Å². The fraction of sp³-hybridized carbons (Fsp3) is 0.130. The Hall–Kier alpha value is -2.76. The first-order valence-electron chi connectivity index (χ1n) is 9.14. The van der Waals surface area contributed by atoms with Gasteiger partial charge in [0.15, 0.2) is 0 Å². The van der Waals surface area contributed by atoms with Gasteiger partial charge < -0.3 is 0 Å². The van der Waals surface area contributed by atoms with Crippen LogP contribution in [-0.4, -0.2) is 20.7 Å². The molecule has 4 rings (SSSR count). The smallest absolute Gasteiger partial charge is 0.100 e. The van der Waals surface area contributed by atoms with E-state index in [4.69, 9.17) is 16.6 Å². The van der Waals surface area contributed by atoms with Crippen molar-refractivity contribution in [3.8, 4) is 0 Å². The highest BCUT2D eigenvalue weighted by Crippen LogP contribution is 2.40. The zero-order valence-electron chi connectivity index (χ0n) is 16.2. The molecule has 0 bridgehead atoms. The molecule has 1 aliphatic rings. The number of aryl methyl sites for hydroxylation is 1. The van der Waals surface area contributed by atoms with Gasteiger partial charge in [0.2, 0.25) is 0 Å². The van der Waals surface area contributed by atoms with Crippen LogP contribution < -0.4 is 0 Å². The summed E-state index contributed by atoms with van der Waals surface area (Å²) in [6.45, 7) is 7.94. The molecule has 4 nitrogen and oxygen atoms in total. The van der Waals surface area contributed by atoms with Gasteiger partial charge >= 0.3 is 0 Å². The molecule has 0 spiro atoms. The van der Waals surface area contributed by atoms with Crippen LogP contribution in [0.15, 0.2) is 76.6 Å². The summed E-state index contributed by atoms with van der Waals surface area (Å²) in [5.41, 5.74) is 6.69. The standard InChI is InChI=1S/C23H19ClN4S/c1-14(2)19-6-5-16(12-26-19)23-21(29-22-7-4-15(3)10-27-22)9-20(28-23)17-8-18(24)13-25-11-17/h4-8,10-13H,1,9H2,2-3H3. The topological polar surface area (TPSA) is 51.0 Å². The van der Waals surface area contributed by atoms with Gasteiger partial charge in [0.25, 0.3) is 0 Å².